The highest BCUT2D eigenvalue weighted by molar-refractivity contribution is 5.99. The van der Waals surface area contributed by atoms with Gasteiger partial charge in [-0.3, -0.25) is 9.59 Å². The predicted octanol–water partition coefficient (Wildman–Crippen LogP) is 5.44. The molecule has 0 amide bonds. The number of rotatable bonds is 7. The number of benzene rings is 1. The highest BCUT2D eigenvalue weighted by Crippen LogP contribution is 2.61. The summed E-state index contributed by atoms with van der Waals surface area (Å²) in [7, 11) is 1.64. The number of hydrogen-bond donors (Lipinski definition) is 0. The van der Waals surface area contributed by atoms with Crippen LogP contribution < -0.4 is 4.74 Å². The van der Waals surface area contributed by atoms with Gasteiger partial charge in [0.05, 0.1) is 13.5 Å². The molecule has 170 valence electrons. The van der Waals surface area contributed by atoms with E-state index in [1.807, 2.05) is 48.7 Å². The van der Waals surface area contributed by atoms with Gasteiger partial charge in [0.25, 0.3) is 0 Å². The molecule has 2 aromatic rings. The van der Waals surface area contributed by atoms with Crippen LogP contribution in [0.3, 0.4) is 0 Å². The Kier molecular flexibility index (Phi) is 5.39. The van der Waals surface area contributed by atoms with E-state index < -0.39 is 0 Å². The normalized spacial score (nSPS) is 28.0. The van der Waals surface area contributed by atoms with Gasteiger partial charge in [0, 0.05) is 22.6 Å². The zero-order valence-electron chi connectivity index (χ0n) is 19.4. The maximum absolute atomic E-state index is 12.9. The molecule has 0 unspecified atom stereocenters. The van der Waals surface area contributed by atoms with Crippen LogP contribution in [0.5, 0.6) is 5.75 Å². The Labute approximate surface area is 190 Å². The minimum Gasteiger partial charge on any atom is -0.497 e. The minimum atomic E-state index is -0.204. The second-order valence-electron chi connectivity index (χ2n) is 10.5. The molecule has 0 atom stereocenters. The molecule has 1 aromatic carbocycles. The Balaban J connectivity index is 1.23. The van der Waals surface area contributed by atoms with Crippen LogP contribution in [0.2, 0.25) is 0 Å². The second-order valence-corrected chi connectivity index (χ2v) is 10.5. The summed E-state index contributed by atoms with van der Waals surface area (Å²) < 4.78 is 12.8. The number of carbonyl (C=O) groups is 2. The monoisotopic (exact) mass is 435 g/mol. The molecule has 4 aliphatic carbocycles. The molecule has 0 spiro atoms. The smallest absolute Gasteiger partial charge is 0.306 e. The predicted molar refractivity (Wildman–Crippen MR) is 122 cm³/mol. The van der Waals surface area contributed by atoms with Crippen molar-refractivity contribution in [1.82, 2.24) is 4.57 Å². The summed E-state index contributed by atoms with van der Waals surface area (Å²) in [4.78, 5) is 25.6. The summed E-state index contributed by atoms with van der Waals surface area (Å²) in [6, 6.07) is 9.63. The van der Waals surface area contributed by atoms with E-state index in [1.165, 1.54) is 38.5 Å². The SMILES string of the molecule is COc1ccc(-n2c(C)cc(C(=O)COC(=O)CC34CC5CC(CC(C5)C3)C4)c2C)cc1. The van der Waals surface area contributed by atoms with Crippen LogP contribution in [0.15, 0.2) is 30.3 Å². The van der Waals surface area contributed by atoms with Crippen molar-refractivity contribution >= 4 is 11.8 Å². The van der Waals surface area contributed by atoms with Crippen LogP contribution in [0.25, 0.3) is 5.69 Å². The number of ketones is 1. The van der Waals surface area contributed by atoms with Crippen molar-refractivity contribution in [2.75, 3.05) is 13.7 Å². The maximum Gasteiger partial charge on any atom is 0.306 e. The first kappa shape index (κ1) is 21.3. The zero-order chi connectivity index (χ0) is 22.5. The van der Waals surface area contributed by atoms with Crippen LogP contribution in [0.4, 0.5) is 0 Å². The number of Topliss-reactive ketones (excluding diaryl/α,β-unsaturated/α-hetero) is 1. The van der Waals surface area contributed by atoms with Gasteiger partial charge in [-0.2, -0.15) is 0 Å². The lowest BCUT2D eigenvalue weighted by atomic mass is 9.49. The van der Waals surface area contributed by atoms with Crippen LogP contribution in [-0.4, -0.2) is 30.0 Å². The quantitative estimate of drug-likeness (QED) is 0.429. The van der Waals surface area contributed by atoms with Crippen molar-refractivity contribution in [2.45, 2.75) is 58.8 Å². The third-order valence-corrected chi connectivity index (χ3v) is 8.11. The third kappa shape index (κ3) is 3.87. The number of aryl methyl sites for hydroxylation is 1. The van der Waals surface area contributed by atoms with E-state index in [0.29, 0.717) is 12.0 Å². The van der Waals surface area contributed by atoms with E-state index in [1.54, 1.807) is 7.11 Å². The molecule has 4 fully saturated rings. The number of nitrogens with zero attached hydrogens (tertiary/aromatic N) is 1. The molecule has 1 heterocycles. The Hall–Kier alpha value is -2.56. The number of esters is 1. The number of carbonyl (C=O) groups excluding carboxylic acids is 2. The first-order valence-electron chi connectivity index (χ1n) is 11.9. The first-order chi connectivity index (χ1) is 15.4. The Bertz CT molecular complexity index is 997. The molecule has 5 heteroatoms. The van der Waals surface area contributed by atoms with E-state index in [2.05, 4.69) is 0 Å². The molecule has 6 rings (SSSR count). The van der Waals surface area contributed by atoms with Crippen molar-refractivity contribution in [2.24, 2.45) is 23.2 Å². The highest BCUT2D eigenvalue weighted by Gasteiger charge is 2.51. The molecular weight excluding hydrogens is 402 g/mol. The van der Waals surface area contributed by atoms with E-state index in [-0.39, 0.29) is 23.8 Å². The van der Waals surface area contributed by atoms with Gasteiger partial charge in [0.2, 0.25) is 5.78 Å². The van der Waals surface area contributed by atoms with Crippen LogP contribution in [0, 0.1) is 37.0 Å². The average Bonchev–Trinajstić information content (AvgIpc) is 3.05. The summed E-state index contributed by atoms with van der Waals surface area (Å²) in [5, 5.41) is 0. The van der Waals surface area contributed by atoms with Crippen molar-refractivity contribution < 1.29 is 19.1 Å². The molecule has 0 N–H and O–H groups in total. The van der Waals surface area contributed by atoms with Gasteiger partial charge in [0.1, 0.15) is 5.75 Å². The summed E-state index contributed by atoms with van der Waals surface area (Å²) in [6.45, 7) is 3.73. The summed E-state index contributed by atoms with van der Waals surface area (Å²) in [6.07, 6.45) is 8.07. The zero-order valence-corrected chi connectivity index (χ0v) is 19.4. The fourth-order valence-corrected chi connectivity index (χ4v) is 7.26. The fourth-order valence-electron chi connectivity index (χ4n) is 7.26. The lowest BCUT2D eigenvalue weighted by Gasteiger charge is -2.56. The number of methoxy groups -OCH3 is 1. The van der Waals surface area contributed by atoms with E-state index in [0.717, 1.165) is 40.6 Å². The molecule has 4 saturated carbocycles. The number of ether oxygens (including phenoxy) is 2. The summed E-state index contributed by atoms with van der Waals surface area (Å²) in [5.41, 5.74) is 3.55. The third-order valence-electron chi connectivity index (χ3n) is 8.11. The van der Waals surface area contributed by atoms with Gasteiger partial charge in [-0.05, 0) is 106 Å². The van der Waals surface area contributed by atoms with Crippen molar-refractivity contribution in [1.29, 1.82) is 0 Å². The highest BCUT2D eigenvalue weighted by atomic mass is 16.5. The summed E-state index contributed by atoms with van der Waals surface area (Å²) >= 11 is 0. The van der Waals surface area contributed by atoms with Crippen molar-refractivity contribution in [3.63, 3.8) is 0 Å². The van der Waals surface area contributed by atoms with Gasteiger partial charge >= 0.3 is 5.97 Å². The van der Waals surface area contributed by atoms with Gasteiger partial charge in [-0.25, -0.2) is 0 Å². The number of hydrogen-bond acceptors (Lipinski definition) is 4. The van der Waals surface area contributed by atoms with Crippen molar-refractivity contribution in [3.8, 4) is 11.4 Å². The first-order valence-corrected chi connectivity index (χ1v) is 11.9. The molecule has 5 nitrogen and oxygen atoms in total. The molecule has 4 aliphatic rings. The molecule has 1 aromatic heterocycles. The van der Waals surface area contributed by atoms with Crippen LogP contribution in [-0.2, 0) is 9.53 Å². The molecule has 0 radical (unpaired) electrons. The minimum absolute atomic E-state index is 0.138. The van der Waals surface area contributed by atoms with E-state index in [9.17, 15) is 9.59 Å². The van der Waals surface area contributed by atoms with E-state index in [4.69, 9.17) is 9.47 Å². The van der Waals surface area contributed by atoms with Gasteiger partial charge < -0.3 is 14.0 Å². The topological polar surface area (TPSA) is 57.5 Å². The lowest BCUT2D eigenvalue weighted by Crippen LogP contribution is -2.47. The second kappa shape index (κ2) is 8.09. The Morgan fingerprint density at radius 3 is 2.16 bits per heavy atom. The molecule has 32 heavy (non-hydrogen) atoms. The van der Waals surface area contributed by atoms with Gasteiger partial charge in [0.15, 0.2) is 6.61 Å². The Morgan fingerprint density at radius 2 is 1.59 bits per heavy atom. The standard InChI is InChI=1S/C27H33NO4/c1-17-8-24(18(2)28(17)22-4-6-23(31-3)7-5-22)25(29)16-32-26(30)15-27-12-19-9-20(13-27)11-21(10-19)14-27/h4-8,19-21H,9-16H2,1-3H3. The van der Waals surface area contributed by atoms with Gasteiger partial charge in [-0.1, -0.05) is 0 Å². The van der Waals surface area contributed by atoms with Crippen LogP contribution >= 0.6 is 0 Å². The molecular formula is C27H33NO4. The van der Waals surface area contributed by atoms with Gasteiger partial charge in [-0.15, -0.1) is 0 Å². The molecule has 4 bridgehead atoms. The van der Waals surface area contributed by atoms with E-state index >= 15 is 0 Å². The maximum atomic E-state index is 12.9. The molecule has 0 aliphatic heterocycles. The lowest BCUT2D eigenvalue weighted by molar-refractivity contribution is -0.150. The average molecular weight is 436 g/mol. The van der Waals surface area contributed by atoms with Crippen molar-refractivity contribution in [3.05, 3.63) is 47.3 Å². The fraction of sp³-hybridized carbons (Fsp3) is 0.556. The summed E-state index contributed by atoms with van der Waals surface area (Å²) in [5.74, 6) is 2.86. The number of aromatic nitrogens is 1. The van der Waals surface area contributed by atoms with Crippen LogP contribution in [0.1, 0.15) is 66.7 Å². The largest absolute Gasteiger partial charge is 0.497 e. The molecule has 0 saturated heterocycles. The Morgan fingerprint density at radius 1 is 1.00 bits per heavy atom.